The van der Waals surface area contributed by atoms with Crippen LogP contribution in [0.1, 0.15) is 25.8 Å². The smallest absolute Gasteiger partial charge is 0.449 e. The Bertz CT molecular complexity index is 673. The van der Waals surface area contributed by atoms with E-state index in [2.05, 4.69) is 9.47 Å². The van der Waals surface area contributed by atoms with Gasteiger partial charge in [-0.05, 0) is 36.6 Å². The molecule has 6 nitrogen and oxygen atoms in total. The molecule has 1 aromatic carbocycles. The Morgan fingerprint density at radius 2 is 1.84 bits per heavy atom. The monoisotopic (exact) mass is 366 g/mol. The zero-order chi connectivity index (χ0) is 18.7. The predicted octanol–water partition coefficient (Wildman–Crippen LogP) is 5.40. The number of carboxylic acid groups (broad SMARTS) is 1. The number of rotatable bonds is 7. The fourth-order valence-corrected chi connectivity index (χ4v) is 1.80. The van der Waals surface area contributed by atoms with Gasteiger partial charge in [0.25, 0.3) is 0 Å². The van der Waals surface area contributed by atoms with E-state index in [0.29, 0.717) is 17.0 Å². The molecule has 0 fully saturated rings. The van der Waals surface area contributed by atoms with E-state index in [-0.39, 0.29) is 6.61 Å². The Labute approximate surface area is 151 Å². The number of hydrogen-bond acceptors (Lipinski definition) is 5. The van der Waals surface area contributed by atoms with Crippen molar-refractivity contribution in [1.29, 1.82) is 0 Å². The van der Waals surface area contributed by atoms with Crippen molar-refractivity contribution in [1.82, 2.24) is 0 Å². The number of allylic oxidation sites excluding steroid dienone is 4. The lowest BCUT2D eigenvalue weighted by molar-refractivity contribution is 0.0267. The molecule has 134 valence electrons. The number of hydrogen-bond donors (Lipinski definition) is 1. The predicted molar refractivity (Wildman–Crippen MR) is 94.2 cm³/mol. The minimum atomic E-state index is -1.59. The first kappa shape index (κ1) is 20.3. The van der Waals surface area contributed by atoms with Crippen LogP contribution in [-0.4, -0.2) is 24.0 Å². The first-order chi connectivity index (χ1) is 11.9. The van der Waals surface area contributed by atoms with Crippen molar-refractivity contribution in [2.24, 2.45) is 0 Å². The normalized spacial score (nSPS) is 12.1. The van der Waals surface area contributed by atoms with Gasteiger partial charge in [0.2, 0.25) is 0 Å². The zero-order valence-corrected chi connectivity index (χ0v) is 14.7. The van der Waals surface area contributed by atoms with Crippen molar-refractivity contribution in [2.75, 3.05) is 6.61 Å². The molecule has 1 rings (SSSR count). The summed E-state index contributed by atoms with van der Waals surface area (Å²) < 4.78 is 13.8. The maximum atomic E-state index is 11.3. The summed E-state index contributed by atoms with van der Waals surface area (Å²) in [5.41, 5.74) is 1.63. The van der Waals surface area contributed by atoms with Gasteiger partial charge in [-0.2, -0.15) is 0 Å². The Morgan fingerprint density at radius 3 is 2.40 bits per heavy atom. The van der Waals surface area contributed by atoms with Gasteiger partial charge in [-0.15, -0.1) is 0 Å². The molecule has 0 heterocycles. The highest BCUT2D eigenvalue weighted by molar-refractivity contribution is 6.30. The van der Waals surface area contributed by atoms with Crippen LogP contribution < -0.4 is 0 Å². The Kier molecular flexibility index (Phi) is 8.89. The van der Waals surface area contributed by atoms with Crippen LogP contribution in [0.3, 0.4) is 0 Å². The Hall–Kier alpha value is -2.73. The van der Waals surface area contributed by atoms with Gasteiger partial charge in [0.05, 0.1) is 6.61 Å². The first-order valence-electron chi connectivity index (χ1n) is 7.54. The summed E-state index contributed by atoms with van der Waals surface area (Å²) in [5.74, 6) is -0.473. The third kappa shape index (κ3) is 8.62. The van der Waals surface area contributed by atoms with Crippen molar-refractivity contribution in [2.45, 2.75) is 20.3 Å². The van der Waals surface area contributed by atoms with Gasteiger partial charge >= 0.3 is 18.3 Å². The summed E-state index contributed by atoms with van der Waals surface area (Å²) in [6.07, 6.45) is 4.62. The average Bonchev–Trinajstić information content (AvgIpc) is 2.55. The van der Waals surface area contributed by atoms with Crippen LogP contribution in [0.15, 0.2) is 54.0 Å². The van der Waals surface area contributed by atoms with Gasteiger partial charge in [-0.1, -0.05) is 48.9 Å². The fraction of sp³-hybridized carbons (Fsp3) is 0.222. The van der Waals surface area contributed by atoms with Crippen molar-refractivity contribution in [3.05, 3.63) is 64.6 Å². The highest BCUT2D eigenvalue weighted by atomic mass is 35.5. The summed E-state index contributed by atoms with van der Waals surface area (Å²) in [4.78, 5) is 22.0. The van der Waals surface area contributed by atoms with Crippen LogP contribution in [0, 0.1) is 0 Å². The largest absolute Gasteiger partial charge is 0.516 e. The fourth-order valence-electron chi connectivity index (χ4n) is 1.67. The van der Waals surface area contributed by atoms with Gasteiger partial charge in [-0.3, -0.25) is 0 Å². The number of ether oxygens (including phenoxy) is 3. The maximum absolute atomic E-state index is 11.3. The molecule has 0 amide bonds. The lowest BCUT2D eigenvalue weighted by atomic mass is 10.1. The molecule has 0 spiro atoms. The minimum absolute atomic E-state index is 0.0967. The summed E-state index contributed by atoms with van der Waals surface area (Å²) in [6, 6.07) is 7.27. The molecular weight excluding hydrogens is 348 g/mol. The van der Waals surface area contributed by atoms with Gasteiger partial charge in [0.15, 0.2) is 0 Å². The lowest BCUT2D eigenvalue weighted by Gasteiger charge is -2.07. The minimum Gasteiger partial charge on any atom is -0.449 e. The van der Waals surface area contributed by atoms with E-state index in [0.717, 1.165) is 5.56 Å². The van der Waals surface area contributed by atoms with Crippen LogP contribution >= 0.6 is 11.6 Å². The molecule has 0 bridgehead atoms. The average molecular weight is 367 g/mol. The van der Waals surface area contributed by atoms with Gasteiger partial charge in [0.1, 0.15) is 0 Å². The third-order valence-electron chi connectivity index (χ3n) is 2.81. The number of carbonyl (C=O) groups is 2. The third-order valence-corrected chi connectivity index (χ3v) is 3.07. The lowest BCUT2D eigenvalue weighted by Crippen LogP contribution is -2.11. The van der Waals surface area contributed by atoms with Crippen LogP contribution in [0.25, 0.3) is 6.08 Å². The molecule has 0 saturated heterocycles. The summed E-state index contributed by atoms with van der Waals surface area (Å²) in [7, 11) is 0. The molecule has 0 atom stereocenters. The summed E-state index contributed by atoms with van der Waals surface area (Å²) >= 11 is 5.82. The van der Waals surface area contributed by atoms with Gasteiger partial charge in [0, 0.05) is 11.1 Å². The standard InChI is InChI=1S/C18H19ClO6/c1-3-13(6-5-7-14-8-10-15(19)11-9-14)12-16(24-17(20)21)25-18(22)23-4-2/h5-12H,3-4H2,1-2H3,(H,20,21). The number of carbonyl (C=O) groups excluding carboxylic acids is 1. The molecule has 1 N–H and O–H groups in total. The molecule has 25 heavy (non-hydrogen) atoms. The van der Waals surface area contributed by atoms with E-state index < -0.39 is 18.3 Å². The molecule has 0 aliphatic heterocycles. The van der Waals surface area contributed by atoms with E-state index >= 15 is 0 Å². The van der Waals surface area contributed by atoms with Crippen molar-refractivity contribution in [3.8, 4) is 0 Å². The molecule has 0 radical (unpaired) electrons. The second-order valence-electron chi connectivity index (χ2n) is 4.62. The van der Waals surface area contributed by atoms with Crippen molar-refractivity contribution in [3.63, 3.8) is 0 Å². The van der Waals surface area contributed by atoms with E-state index in [9.17, 15) is 9.59 Å². The summed E-state index contributed by atoms with van der Waals surface area (Å²) in [5, 5.41) is 9.37. The van der Waals surface area contributed by atoms with Gasteiger partial charge < -0.3 is 19.3 Å². The summed E-state index contributed by atoms with van der Waals surface area (Å²) in [6.45, 7) is 3.56. The highest BCUT2D eigenvalue weighted by Crippen LogP contribution is 2.13. The Balaban J connectivity index is 2.90. The number of halogens is 1. The zero-order valence-electron chi connectivity index (χ0n) is 13.9. The molecule has 0 saturated carbocycles. The Morgan fingerprint density at radius 1 is 1.16 bits per heavy atom. The molecule has 0 aliphatic carbocycles. The first-order valence-corrected chi connectivity index (χ1v) is 7.92. The second-order valence-corrected chi connectivity index (χ2v) is 5.06. The van der Waals surface area contributed by atoms with Gasteiger partial charge in [-0.25, -0.2) is 9.59 Å². The molecule has 0 unspecified atom stereocenters. The topological polar surface area (TPSA) is 82.1 Å². The molecule has 1 aromatic rings. The molecule has 0 aliphatic rings. The quantitative estimate of drug-likeness (QED) is 0.395. The van der Waals surface area contributed by atoms with Crippen LogP contribution in [0.4, 0.5) is 9.59 Å². The van der Waals surface area contributed by atoms with E-state index in [1.807, 2.05) is 25.1 Å². The van der Waals surface area contributed by atoms with Crippen LogP contribution in [-0.2, 0) is 14.2 Å². The molecule has 0 aromatic heterocycles. The van der Waals surface area contributed by atoms with E-state index in [1.54, 1.807) is 31.2 Å². The van der Waals surface area contributed by atoms with E-state index in [1.165, 1.54) is 6.08 Å². The highest BCUT2D eigenvalue weighted by Gasteiger charge is 2.13. The van der Waals surface area contributed by atoms with Crippen LogP contribution in [0.2, 0.25) is 5.02 Å². The van der Waals surface area contributed by atoms with E-state index in [4.69, 9.17) is 21.4 Å². The van der Waals surface area contributed by atoms with Crippen molar-refractivity contribution < 1.29 is 28.9 Å². The maximum Gasteiger partial charge on any atom is 0.516 e. The molecular formula is C18H19ClO6. The molecule has 7 heteroatoms. The SMILES string of the molecule is CCOC(=O)OC(=CC(=CC=Cc1ccc(Cl)cc1)CC)OC(=O)O. The van der Waals surface area contributed by atoms with Crippen LogP contribution in [0.5, 0.6) is 0 Å². The number of benzene rings is 1. The van der Waals surface area contributed by atoms with Crippen molar-refractivity contribution >= 4 is 30.0 Å². The second kappa shape index (κ2) is 10.9.